The van der Waals surface area contributed by atoms with Crippen LogP contribution in [0.1, 0.15) is 25.0 Å². The summed E-state index contributed by atoms with van der Waals surface area (Å²) in [7, 11) is 0. The van der Waals surface area contributed by atoms with Gasteiger partial charge in [-0.15, -0.1) is 0 Å². The summed E-state index contributed by atoms with van der Waals surface area (Å²) in [6, 6.07) is 11.3. The Morgan fingerprint density at radius 2 is 1.48 bits per heavy atom. The van der Waals surface area contributed by atoms with Gasteiger partial charge < -0.3 is 10.6 Å². The van der Waals surface area contributed by atoms with Crippen molar-refractivity contribution >= 4 is 28.9 Å². The highest BCUT2D eigenvalue weighted by Crippen LogP contribution is 2.24. The summed E-state index contributed by atoms with van der Waals surface area (Å²) >= 11 is 0. The van der Waals surface area contributed by atoms with Crippen LogP contribution < -0.4 is 10.6 Å². The summed E-state index contributed by atoms with van der Waals surface area (Å²) in [6.45, 7) is 3.91. The first-order valence-corrected chi connectivity index (χ1v) is 7.94. The van der Waals surface area contributed by atoms with E-state index in [9.17, 15) is 19.7 Å². The number of amides is 2. The number of aryl methyl sites for hydroxylation is 2. The van der Waals surface area contributed by atoms with Gasteiger partial charge in [0, 0.05) is 11.8 Å². The molecule has 0 aromatic heterocycles. The summed E-state index contributed by atoms with van der Waals surface area (Å²) in [5.41, 5.74) is 2.17. The van der Waals surface area contributed by atoms with E-state index in [1.807, 2.05) is 32.0 Å². The van der Waals surface area contributed by atoms with E-state index < -0.39 is 16.7 Å². The lowest BCUT2D eigenvalue weighted by Crippen LogP contribution is -2.30. The number of carbonyl (C=O) groups is 2. The van der Waals surface area contributed by atoms with E-state index in [-0.39, 0.29) is 11.4 Å². The Balaban J connectivity index is 2.20. The van der Waals surface area contributed by atoms with Gasteiger partial charge in [0.25, 0.3) is 5.69 Å². The third-order valence-corrected chi connectivity index (χ3v) is 3.79. The number of nitrogens with zero attached hydrogens (tertiary/aromatic N) is 1. The van der Waals surface area contributed by atoms with Crippen molar-refractivity contribution in [2.45, 2.75) is 26.7 Å². The van der Waals surface area contributed by atoms with Gasteiger partial charge in [-0.1, -0.05) is 44.2 Å². The number of nitro benzene ring substituents is 1. The molecule has 130 valence electrons. The molecule has 0 saturated carbocycles. The Bertz CT molecular complexity index is 795. The van der Waals surface area contributed by atoms with E-state index >= 15 is 0 Å². The van der Waals surface area contributed by atoms with Crippen LogP contribution >= 0.6 is 0 Å². The van der Waals surface area contributed by atoms with Crippen molar-refractivity contribution in [1.29, 1.82) is 0 Å². The molecule has 7 heteroatoms. The maximum Gasteiger partial charge on any atom is 0.314 e. The Hall–Kier alpha value is -3.22. The van der Waals surface area contributed by atoms with Crippen LogP contribution in [0.5, 0.6) is 0 Å². The van der Waals surface area contributed by atoms with Gasteiger partial charge >= 0.3 is 11.8 Å². The fourth-order valence-electron chi connectivity index (χ4n) is 2.49. The van der Waals surface area contributed by atoms with Crippen molar-refractivity contribution in [3.8, 4) is 0 Å². The summed E-state index contributed by atoms with van der Waals surface area (Å²) in [5.74, 6) is -1.82. The molecule has 0 fully saturated rings. The molecule has 2 amide bonds. The van der Waals surface area contributed by atoms with Crippen LogP contribution in [0.25, 0.3) is 0 Å². The van der Waals surface area contributed by atoms with Gasteiger partial charge in [0.15, 0.2) is 0 Å². The van der Waals surface area contributed by atoms with Crippen LogP contribution in [0.15, 0.2) is 42.5 Å². The lowest BCUT2D eigenvalue weighted by molar-refractivity contribution is -0.383. The number of carbonyl (C=O) groups excluding carboxylic acids is 2. The fraction of sp³-hybridized carbons (Fsp3) is 0.222. The molecule has 2 rings (SSSR count). The first-order valence-electron chi connectivity index (χ1n) is 7.94. The summed E-state index contributed by atoms with van der Waals surface area (Å²) < 4.78 is 0. The zero-order valence-corrected chi connectivity index (χ0v) is 14.0. The highest BCUT2D eigenvalue weighted by atomic mass is 16.6. The van der Waals surface area contributed by atoms with Gasteiger partial charge in [0.05, 0.1) is 4.92 Å². The summed E-state index contributed by atoms with van der Waals surface area (Å²) in [4.78, 5) is 34.8. The smallest absolute Gasteiger partial charge is 0.314 e. The van der Waals surface area contributed by atoms with Gasteiger partial charge in [0.2, 0.25) is 0 Å². The molecule has 0 atom stereocenters. The maximum atomic E-state index is 12.2. The van der Waals surface area contributed by atoms with E-state index in [2.05, 4.69) is 10.6 Å². The minimum absolute atomic E-state index is 0.0212. The van der Waals surface area contributed by atoms with Crippen LogP contribution in [0.3, 0.4) is 0 Å². The predicted octanol–water partition coefficient (Wildman–Crippen LogP) is 3.30. The summed E-state index contributed by atoms with van der Waals surface area (Å²) in [5, 5.41) is 15.9. The average molecular weight is 341 g/mol. The Kier molecular flexibility index (Phi) is 5.84. The van der Waals surface area contributed by atoms with Crippen molar-refractivity contribution in [3.05, 3.63) is 63.7 Å². The zero-order chi connectivity index (χ0) is 18.4. The highest BCUT2D eigenvalue weighted by molar-refractivity contribution is 6.44. The number of nitrogens with one attached hydrogen (secondary N) is 2. The van der Waals surface area contributed by atoms with Gasteiger partial charge in [-0.3, -0.25) is 19.7 Å². The fourth-order valence-corrected chi connectivity index (χ4v) is 2.49. The van der Waals surface area contributed by atoms with E-state index in [4.69, 9.17) is 0 Å². The molecule has 0 radical (unpaired) electrons. The van der Waals surface area contributed by atoms with Gasteiger partial charge in [-0.25, -0.2) is 0 Å². The number of nitro groups is 1. The van der Waals surface area contributed by atoms with Crippen LogP contribution in [-0.4, -0.2) is 16.7 Å². The number of hydrogen-bond donors (Lipinski definition) is 2. The lowest BCUT2D eigenvalue weighted by atomic mass is 10.0. The number of anilines is 2. The third kappa shape index (κ3) is 4.20. The van der Waals surface area contributed by atoms with Crippen LogP contribution in [0.2, 0.25) is 0 Å². The zero-order valence-electron chi connectivity index (χ0n) is 14.0. The van der Waals surface area contributed by atoms with E-state index in [0.717, 1.165) is 11.1 Å². The van der Waals surface area contributed by atoms with Crippen molar-refractivity contribution in [1.82, 2.24) is 0 Å². The molecule has 0 bridgehead atoms. The monoisotopic (exact) mass is 341 g/mol. The molecule has 2 N–H and O–H groups in total. The Morgan fingerprint density at radius 1 is 0.920 bits per heavy atom. The molecule has 2 aromatic carbocycles. The first kappa shape index (κ1) is 18.1. The summed E-state index contributed by atoms with van der Waals surface area (Å²) in [6.07, 6.45) is 1.41. The molecule has 7 nitrogen and oxygen atoms in total. The van der Waals surface area contributed by atoms with Crippen molar-refractivity contribution < 1.29 is 14.5 Å². The van der Waals surface area contributed by atoms with E-state index in [1.54, 1.807) is 6.07 Å². The van der Waals surface area contributed by atoms with Crippen molar-refractivity contribution in [2.24, 2.45) is 0 Å². The number of rotatable bonds is 5. The van der Waals surface area contributed by atoms with Crippen LogP contribution in [0, 0.1) is 10.1 Å². The second kappa shape index (κ2) is 8.05. The number of hydrogen-bond acceptors (Lipinski definition) is 4. The second-order valence-electron chi connectivity index (χ2n) is 5.34. The molecule has 0 unspecified atom stereocenters. The minimum Gasteiger partial charge on any atom is -0.317 e. The van der Waals surface area contributed by atoms with Gasteiger partial charge in [-0.2, -0.15) is 0 Å². The molecule has 0 heterocycles. The normalized spacial score (nSPS) is 10.2. The number of para-hydroxylation sites is 3. The Labute approximate surface area is 145 Å². The third-order valence-electron chi connectivity index (χ3n) is 3.79. The minimum atomic E-state index is -0.956. The van der Waals surface area contributed by atoms with Gasteiger partial charge in [0.1, 0.15) is 5.69 Å². The molecular formula is C18H19N3O4. The predicted molar refractivity (Wildman–Crippen MR) is 95.6 cm³/mol. The average Bonchev–Trinajstić information content (AvgIpc) is 2.61. The number of benzene rings is 2. The molecule has 25 heavy (non-hydrogen) atoms. The Morgan fingerprint density at radius 3 is 2.04 bits per heavy atom. The largest absolute Gasteiger partial charge is 0.317 e. The lowest BCUT2D eigenvalue weighted by Gasteiger charge is -2.14. The molecular weight excluding hydrogens is 322 g/mol. The van der Waals surface area contributed by atoms with E-state index in [0.29, 0.717) is 18.5 Å². The molecule has 0 spiro atoms. The highest BCUT2D eigenvalue weighted by Gasteiger charge is 2.21. The molecule has 0 saturated heterocycles. The quantitative estimate of drug-likeness (QED) is 0.495. The molecule has 0 aliphatic heterocycles. The second-order valence-corrected chi connectivity index (χ2v) is 5.34. The SMILES string of the molecule is CCc1cccc(CC)c1NC(=O)C(=O)Nc1ccccc1[N+](=O)[O-]. The van der Waals surface area contributed by atoms with E-state index in [1.165, 1.54) is 18.2 Å². The topological polar surface area (TPSA) is 101 Å². The standard InChI is InChI=1S/C18H19N3O4/c1-3-12-8-7-9-13(4-2)16(12)20-18(23)17(22)19-14-10-5-6-11-15(14)21(24)25/h5-11H,3-4H2,1-2H3,(H,19,22)(H,20,23). The van der Waals surface area contributed by atoms with Gasteiger partial charge in [-0.05, 0) is 30.0 Å². The molecule has 2 aromatic rings. The van der Waals surface area contributed by atoms with Crippen molar-refractivity contribution in [2.75, 3.05) is 10.6 Å². The first-order chi connectivity index (χ1) is 12.0. The molecule has 0 aliphatic rings. The molecule has 0 aliphatic carbocycles. The van der Waals surface area contributed by atoms with Crippen LogP contribution in [0.4, 0.5) is 17.1 Å². The maximum absolute atomic E-state index is 12.2. The van der Waals surface area contributed by atoms with Crippen LogP contribution in [-0.2, 0) is 22.4 Å². The van der Waals surface area contributed by atoms with Crippen molar-refractivity contribution in [3.63, 3.8) is 0 Å².